The molecule has 0 amide bonds. The summed E-state index contributed by atoms with van der Waals surface area (Å²) in [6.45, 7) is 5.80. The summed E-state index contributed by atoms with van der Waals surface area (Å²) >= 11 is 4.27. The van der Waals surface area contributed by atoms with Crippen molar-refractivity contribution in [3.8, 4) is 5.75 Å². The highest BCUT2D eigenvalue weighted by Crippen LogP contribution is 2.16. The topological polar surface area (TPSA) is 56.8 Å². The monoisotopic (exact) mass is 327 g/mol. The van der Waals surface area contributed by atoms with E-state index in [-0.39, 0.29) is 17.8 Å². The quantitative estimate of drug-likeness (QED) is 0.351. The lowest BCUT2D eigenvalue weighted by atomic mass is 10.3. The van der Waals surface area contributed by atoms with Gasteiger partial charge in [-0.25, -0.2) is 0 Å². The highest BCUT2D eigenvalue weighted by molar-refractivity contribution is 7.81. The van der Waals surface area contributed by atoms with Crippen LogP contribution >= 0.6 is 12.6 Å². The first-order chi connectivity index (χ1) is 10.6. The molecule has 0 bridgehead atoms. The van der Waals surface area contributed by atoms with Crippen LogP contribution in [0.3, 0.4) is 0 Å². The number of ketones is 1. The number of anilines is 1. The lowest BCUT2D eigenvalue weighted by molar-refractivity contribution is -0.123. The third-order valence-electron chi connectivity index (χ3n) is 2.76. The lowest BCUT2D eigenvalue weighted by Crippen LogP contribution is -2.13. The van der Waals surface area contributed by atoms with Crippen molar-refractivity contribution in [1.82, 2.24) is 0 Å². The summed E-state index contributed by atoms with van der Waals surface area (Å²) in [7, 11) is 0. The number of benzene rings is 1. The van der Waals surface area contributed by atoms with Gasteiger partial charge in [-0.15, -0.1) is 0 Å². The van der Waals surface area contributed by atoms with E-state index < -0.39 is 0 Å². The van der Waals surface area contributed by atoms with Crippen LogP contribution in [0.15, 0.2) is 24.3 Å². The van der Waals surface area contributed by atoms with Crippen LogP contribution in [0.5, 0.6) is 5.75 Å². The van der Waals surface area contributed by atoms with Crippen LogP contribution in [0.25, 0.3) is 0 Å². The minimum Gasteiger partial charge on any atom is -0.491 e. The molecule has 0 aromatic heterocycles. The second-order valence-electron chi connectivity index (χ2n) is 4.75. The molecule has 1 aromatic rings. The van der Waals surface area contributed by atoms with E-state index in [1.807, 2.05) is 38.1 Å². The zero-order valence-electron chi connectivity index (χ0n) is 13.2. The summed E-state index contributed by atoms with van der Waals surface area (Å²) in [6, 6.07) is 7.69. The average molecular weight is 327 g/mol. The fourth-order valence-corrected chi connectivity index (χ4v) is 1.76. The van der Waals surface area contributed by atoms with Crippen molar-refractivity contribution < 1.29 is 19.0 Å². The average Bonchev–Trinajstić information content (AvgIpc) is 2.50. The third kappa shape index (κ3) is 8.92. The van der Waals surface area contributed by atoms with Crippen LogP contribution in [0.1, 0.15) is 20.3 Å². The van der Waals surface area contributed by atoms with Gasteiger partial charge >= 0.3 is 0 Å². The Morgan fingerprint density at radius 2 is 1.77 bits per heavy atom. The normalized spacial score (nSPS) is 12.0. The van der Waals surface area contributed by atoms with Crippen LogP contribution in [-0.4, -0.2) is 44.2 Å². The van der Waals surface area contributed by atoms with Crippen LogP contribution < -0.4 is 10.1 Å². The van der Waals surface area contributed by atoms with Crippen LogP contribution in [-0.2, 0) is 14.3 Å². The second-order valence-corrected chi connectivity index (χ2v) is 5.52. The van der Waals surface area contributed by atoms with Crippen molar-refractivity contribution in [3.63, 3.8) is 0 Å². The van der Waals surface area contributed by atoms with Crippen LogP contribution in [0.2, 0.25) is 0 Å². The summed E-state index contributed by atoms with van der Waals surface area (Å²) in [5.74, 6) is 0.902. The van der Waals surface area contributed by atoms with Crippen molar-refractivity contribution in [2.75, 3.05) is 38.4 Å². The molecule has 124 valence electrons. The van der Waals surface area contributed by atoms with Gasteiger partial charge in [0.1, 0.15) is 19.0 Å². The number of rotatable bonds is 12. The van der Waals surface area contributed by atoms with Crippen molar-refractivity contribution in [3.05, 3.63) is 24.3 Å². The highest BCUT2D eigenvalue weighted by atomic mass is 32.1. The second kappa shape index (κ2) is 11.3. The molecule has 0 aliphatic rings. The Kier molecular flexibility index (Phi) is 9.70. The van der Waals surface area contributed by atoms with Gasteiger partial charge in [-0.3, -0.25) is 4.79 Å². The molecule has 1 N–H and O–H groups in total. The van der Waals surface area contributed by atoms with Crippen LogP contribution in [0.4, 0.5) is 5.69 Å². The number of nitrogens with one attached hydrogen (secondary N) is 1. The Morgan fingerprint density at radius 3 is 2.41 bits per heavy atom. The SMILES string of the molecule is CCC(=O)COCCOCCOc1ccc(NC(C)S)cc1. The number of carbonyl (C=O) groups excluding carboxylic acids is 1. The molecule has 22 heavy (non-hydrogen) atoms. The van der Waals surface area contributed by atoms with Crippen molar-refractivity contribution >= 4 is 24.1 Å². The zero-order chi connectivity index (χ0) is 16.2. The first-order valence-corrected chi connectivity index (χ1v) is 7.98. The van der Waals surface area contributed by atoms with Crippen molar-refractivity contribution in [2.45, 2.75) is 25.6 Å². The van der Waals surface area contributed by atoms with E-state index in [0.717, 1.165) is 11.4 Å². The van der Waals surface area contributed by atoms with Gasteiger partial charge in [0.15, 0.2) is 5.78 Å². The Bertz CT molecular complexity index is 423. The predicted molar refractivity (Wildman–Crippen MR) is 90.9 cm³/mol. The smallest absolute Gasteiger partial charge is 0.158 e. The molecule has 0 radical (unpaired) electrons. The number of hydrogen-bond acceptors (Lipinski definition) is 6. The minimum absolute atomic E-state index is 0.105. The molecule has 0 aliphatic carbocycles. The fourth-order valence-electron chi connectivity index (χ4n) is 1.62. The molecular formula is C16H25NO4S. The van der Waals surface area contributed by atoms with Gasteiger partial charge in [-0.1, -0.05) is 6.92 Å². The molecule has 0 spiro atoms. The molecule has 6 heteroatoms. The predicted octanol–water partition coefficient (Wildman–Crippen LogP) is 2.77. The number of hydrogen-bond donors (Lipinski definition) is 2. The standard InChI is InChI=1S/C16H25NO4S/c1-3-15(18)12-20-9-8-19-10-11-21-16-6-4-14(5-7-16)17-13(2)22/h4-7,13,17,22H,3,8-12H2,1-2H3. The highest BCUT2D eigenvalue weighted by Gasteiger charge is 1.99. The maximum absolute atomic E-state index is 11.0. The van der Waals surface area contributed by atoms with E-state index in [9.17, 15) is 4.79 Å². The molecule has 1 unspecified atom stereocenters. The molecule has 0 heterocycles. The van der Waals surface area contributed by atoms with E-state index >= 15 is 0 Å². The van der Waals surface area contributed by atoms with Gasteiger partial charge in [0.05, 0.1) is 25.2 Å². The van der Waals surface area contributed by atoms with Gasteiger partial charge < -0.3 is 19.5 Å². The molecule has 5 nitrogen and oxygen atoms in total. The van der Waals surface area contributed by atoms with Crippen molar-refractivity contribution in [2.24, 2.45) is 0 Å². The fraction of sp³-hybridized carbons (Fsp3) is 0.562. The first-order valence-electron chi connectivity index (χ1n) is 7.46. The Hall–Kier alpha value is -1.24. The summed E-state index contributed by atoms with van der Waals surface area (Å²) in [5, 5.41) is 3.29. The lowest BCUT2D eigenvalue weighted by Gasteiger charge is -2.11. The maximum atomic E-state index is 11.0. The van der Waals surface area contributed by atoms with Gasteiger partial charge in [0, 0.05) is 12.1 Å². The van der Waals surface area contributed by atoms with Crippen molar-refractivity contribution in [1.29, 1.82) is 0 Å². The Balaban J connectivity index is 2.03. The van der Waals surface area contributed by atoms with Gasteiger partial charge in [-0.2, -0.15) is 12.6 Å². The number of ether oxygens (including phenoxy) is 3. The van der Waals surface area contributed by atoms with E-state index in [1.54, 1.807) is 0 Å². The van der Waals surface area contributed by atoms with Gasteiger partial charge in [-0.05, 0) is 31.2 Å². The Morgan fingerprint density at radius 1 is 1.14 bits per heavy atom. The van der Waals surface area contributed by atoms with E-state index in [2.05, 4.69) is 17.9 Å². The molecule has 1 aromatic carbocycles. The minimum atomic E-state index is 0.105. The molecule has 1 rings (SSSR count). The first kappa shape index (κ1) is 18.8. The molecule has 0 saturated heterocycles. The number of thiol groups is 1. The third-order valence-corrected chi connectivity index (χ3v) is 2.88. The molecule has 0 saturated carbocycles. The summed E-state index contributed by atoms with van der Waals surface area (Å²) in [4.78, 5) is 11.0. The summed E-state index contributed by atoms with van der Waals surface area (Å²) in [6.07, 6.45) is 0.510. The number of Topliss-reactive ketones (excluding diaryl/α,β-unsaturated/α-hetero) is 1. The van der Waals surface area contributed by atoms with Crippen LogP contribution in [0, 0.1) is 0 Å². The molecule has 0 fully saturated rings. The van der Waals surface area contributed by atoms with E-state index in [1.165, 1.54) is 0 Å². The molecule has 0 aliphatic heterocycles. The van der Waals surface area contributed by atoms with Gasteiger partial charge in [0.2, 0.25) is 0 Å². The zero-order valence-corrected chi connectivity index (χ0v) is 14.1. The summed E-state index contributed by atoms with van der Waals surface area (Å²) < 4.78 is 16.1. The molecule has 1 atom stereocenters. The maximum Gasteiger partial charge on any atom is 0.158 e. The van der Waals surface area contributed by atoms with Gasteiger partial charge in [0.25, 0.3) is 0 Å². The molecular weight excluding hydrogens is 302 g/mol. The van der Waals surface area contributed by atoms with E-state index in [4.69, 9.17) is 14.2 Å². The Labute approximate surface area is 137 Å². The largest absolute Gasteiger partial charge is 0.491 e. The van der Waals surface area contributed by atoms with E-state index in [0.29, 0.717) is 32.8 Å². The number of carbonyl (C=O) groups is 1. The summed E-state index contributed by atoms with van der Waals surface area (Å²) in [5.41, 5.74) is 1.00.